The molecule has 22 heavy (non-hydrogen) atoms. The van der Waals surface area contributed by atoms with Crippen LogP contribution in [0.3, 0.4) is 0 Å². The van der Waals surface area contributed by atoms with Crippen molar-refractivity contribution >= 4 is 28.5 Å². The summed E-state index contributed by atoms with van der Waals surface area (Å²) in [5.41, 5.74) is 1.88. The monoisotopic (exact) mass is 293 g/mol. The first-order chi connectivity index (χ1) is 10.6. The Labute approximate surface area is 128 Å². The van der Waals surface area contributed by atoms with Gasteiger partial charge in [0.2, 0.25) is 0 Å². The van der Waals surface area contributed by atoms with E-state index in [9.17, 15) is 9.90 Å². The minimum absolute atomic E-state index is 0.119. The van der Waals surface area contributed by atoms with Crippen LogP contribution >= 0.6 is 0 Å². The molecule has 0 atom stereocenters. The Balaban J connectivity index is 2.13. The van der Waals surface area contributed by atoms with E-state index in [1.165, 1.54) is 7.11 Å². The minimum atomic E-state index is -0.583. The Morgan fingerprint density at radius 2 is 1.91 bits per heavy atom. The summed E-state index contributed by atoms with van der Waals surface area (Å²) >= 11 is 0. The van der Waals surface area contributed by atoms with Gasteiger partial charge in [-0.3, -0.25) is 0 Å². The number of methoxy groups -OCH3 is 1. The van der Waals surface area contributed by atoms with E-state index in [-0.39, 0.29) is 11.3 Å². The molecule has 0 bridgehead atoms. The molecule has 1 heterocycles. The second kappa shape index (κ2) is 5.48. The van der Waals surface area contributed by atoms with Crippen molar-refractivity contribution in [1.29, 1.82) is 0 Å². The molecule has 1 aliphatic heterocycles. The van der Waals surface area contributed by atoms with Gasteiger partial charge in [-0.25, -0.2) is 9.79 Å². The van der Waals surface area contributed by atoms with Gasteiger partial charge in [0.15, 0.2) is 5.76 Å². The largest absolute Gasteiger partial charge is 0.505 e. The molecule has 2 aromatic rings. The topological polar surface area (TPSA) is 58.9 Å². The van der Waals surface area contributed by atoms with Gasteiger partial charge in [-0.05, 0) is 29.3 Å². The first kappa shape index (κ1) is 14.1. The highest BCUT2D eigenvalue weighted by Gasteiger charge is 2.27. The highest BCUT2D eigenvalue weighted by Crippen LogP contribution is 2.28. The van der Waals surface area contributed by atoms with Gasteiger partial charge in [-0.15, -0.1) is 0 Å². The molecule has 0 saturated heterocycles. The van der Waals surface area contributed by atoms with Crippen LogP contribution in [0, 0.1) is 0 Å². The number of hydrogen-bond acceptors (Lipinski definition) is 4. The molecular formula is C18H15NO3. The molecule has 1 aliphatic rings. The lowest BCUT2D eigenvalue weighted by atomic mass is 10.0. The zero-order valence-corrected chi connectivity index (χ0v) is 12.3. The van der Waals surface area contributed by atoms with Crippen molar-refractivity contribution in [2.45, 2.75) is 6.92 Å². The summed E-state index contributed by atoms with van der Waals surface area (Å²) < 4.78 is 4.68. The summed E-state index contributed by atoms with van der Waals surface area (Å²) in [6, 6.07) is 13.9. The number of aliphatic imine (C=N–C) groups is 1. The molecule has 0 unspecified atom stereocenters. The number of carbonyl (C=O) groups is 1. The van der Waals surface area contributed by atoms with E-state index in [1.54, 1.807) is 13.0 Å². The Kier molecular flexibility index (Phi) is 3.51. The molecule has 4 heteroatoms. The number of nitrogens with zero attached hydrogens (tertiary/aromatic N) is 1. The molecule has 0 amide bonds. The number of ether oxygens (including phenoxy) is 1. The fraction of sp³-hybridized carbons (Fsp3) is 0.111. The molecule has 0 aromatic heterocycles. The van der Waals surface area contributed by atoms with E-state index in [1.807, 2.05) is 42.5 Å². The van der Waals surface area contributed by atoms with Gasteiger partial charge in [0.1, 0.15) is 11.3 Å². The standard InChI is InChI=1S/C18H15NO3/c1-11-16(18(21)22-2)17(20)15(19-11)10-13-8-5-7-12-6-3-4-9-14(12)13/h3-10,20H,1-2H3. The maximum Gasteiger partial charge on any atom is 0.343 e. The molecule has 0 radical (unpaired) electrons. The van der Waals surface area contributed by atoms with E-state index in [0.717, 1.165) is 16.3 Å². The van der Waals surface area contributed by atoms with Crippen LogP contribution in [0.5, 0.6) is 0 Å². The second-order valence-electron chi connectivity index (χ2n) is 5.01. The summed E-state index contributed by atoms with van der Waals surface area (Å²) in [6.07, 6.45) is 1.77. The molecule has 1 N–H and O–H groups in total. The quantitative estimate of drug-likeness (QED) is 0.860. The fourth-order valence-corrected chi connectivity index (χ4v) is 2.56. The predicted molar refractivity (Wildman–Crippen MR) is 86.7 cm³/mol. The lowest BCUT2D eigenvalue weighted by Gasteiger charge is -2.03. The van der Waals surface area contributed by atoms with Gasteiger partial charge in [0.05, 0.1) is 12.8 Å². The van der Waals surface area contributed by atoms with Crippen LogP contribution in [0.15, 0.2) is 64.5 Å². The van der Waals surface area contributed by atoms with Gasteiger partial charge in [0, 0.05) is 0 Å². The van der Waals surface area contributed by atoms with Crippen LogP contribution in [-0.4, -0.2) is 23.9 Å². The number of benzene rings is 2. The van der Waals surface area contributed by atoms with Crippen molar-refractivity contribution in [2.24, 2.45) is 4.99 Å². The molecule has 3 rings (SSSR count). The van der Waals surface area contributed by atoms with Crippen LogP contribution in [-0.2, 0) is 9.53 Å². The maximum atomic E-state index is 11.7. The van der Waals surface area contributed by atoms with E-state index in [4.69, 9.17) is 0 Å². The molecule has 4 nitrogen and oxygen atoms in total. The molecule has 110 valence electrons. The average Bonchev–Trinajstić information content (AvgIpc) is 2.81. The zero-order valence-electron chi connectivity index (χ0n) is 12.3. The molecule has 0 aliphatic carbocycles. The van der Waals surface area contributed by atoms with Gasteiger partial charge in [-0.2, -0.15) is 0 Å². The van der Waals surface area contributed by atoms with Gasteiger partial charge in [0.25, 0.3) is 0 Å². The second-order valence-corrected chi connectivity index (χ2v) is 5.01. The third kappa shape index (κ3) is 2.29. The predicted octanol–water partition coefficient (Wildman–Crippen LogP) is 3.64. The van der Waals surface area contributed by atoms with Crippen molar-refractivity contribution < 1.29 is 14.6 Å². The Bertz CT molecular complexity index is 854. The third-order valence-electron chi connectivity index (χ3n) is 3.63. The molecule has 0 saturated carbocycles. The van der Waals surface area contributed by atoms with Crippen LogP contribution in [0.1, 0.15) is 12.5 Å². The molecule has 0 spiro atoms. The highest BCUT2D eigenvalue weighted by atomic mass is 16.5. The van der Waals surface area contributed by atoms with Crippen LogP contribution in [0.2, 0.25) is 0 Å². The van der Waals surface area contributed by atoms with Crippen molar-refractivity contribution in [1.82, 2.24) is 0 Å². The first-order valence-corrected chi connectivity index (χ1v) is 6.89. The van der Waals surface area contributed by atoms with E-state index in [0.29, 0.717) is 11.4 Å². The number of esters is 1. The molecule has 2 aromatic carbocycles. The van der Waals surface area contributed by atoms with E-state index < -0.39 is 5.97 Å². The summed E-state index contributed by atoms with van der Waals surface area (Å²) in [5, 5.41) is 12.4. The van der Waals surface area contributed by atoms with Crippen molar-refractivity contribution in [3.63, 3.8) is 0 Å². The summed E-state index contributed by atoms with van der Waals surface area (Å²) in [5.74, 6) is -0.725. The fourth-order valence-electron chi connectivity index (χ4n) is 2.56. The van der Waals surface area contributed by atoms with Crippen molar-refractivity contribution in [2.75, 3.05) is 7.11 Å². The lowest BCUT2D eigenvalue weighted by Crippen LogP contribution is -2.11. The normalized spacial score (nSPS) is 16.3. The molecular weight excluding hydrogens is 278 g/mol. The number of aliphatic hydroxyl groups is 1. The Morgan fingerprint density at radius 1 is 1.18 bits per heavy atom. The number of rotatable bonds is 2. The first-order valence-electron chi connectivity index (χ1n) is 6.89. The highest BCUT2D eigenvalue weighted by molar-refractivity contribution is 6.22. The number of fused-ring (bicyclic) bond motifs is 1. The van der Waals surface area contributed by atoms with Crippen LogP contribution < -0.4 is 0 Å². The van der Waals surface area contributed by atoms with Crippen LogP contribution in [0.4, 0.5) is 0 Å². The molecule has 0 fully saturated rings. The zero-order chi connectivity index (χ0) is 15.7. The van der Waals surface area contributed by atoms with E-state index >= 15 is 0 Å². The summed E-state index contributed by atoms with van der Waals surface area (Å²) in [7, 11) is 1.28. The summed E-state index contributed by atoms with van der Waals surface area (Å²) in [4.78, 5) is 16.0. The SMILES string of the molecule is COC(=O)C1=C(O)C(=Cc2cccc3ccccc23)N=C1C. The minimum Gasteiger partial charge on any atom is -0.505 e. The van der Waals surface area contributed by atoms with Gasteiger partial charge in [-0.1, -0.05) is 42.5 Å². The van der Waals surface area contributed by atoms with Crippen LogP contribution in [0.25, 0.3) is 16.8 Å². The van der Waals surface area contributed by atoms with Gasteiger partial charge < -0.3 is 9.84 Å². The average molecular weight is 293 g/mol. The number of hydrogen-bond donors (Lipinski definition) is 1. The lowest BCUT2D eigenvalue weighted by molar-refractivity contribution is -0.135. The smallest absolute Gasteiger partial charge is 0.343 e. The number of carbonyl (C=O) groups excluding carboxylic acids is 1. The van der Waals surface area contributed by atoms with E-state index in [2.05, 4.69) is 9.73 Å². The van der Waals surface area contributed by atoms with Crippen molar-refractivity contribution in [3.8, 4) is 0 Å². The summed E-state index contributed by atoms with van der Waals surface area (Å²) in [6.45, 7) is 1.67. The maximum absolute atomic E-state index is 11.7. The Hall–Kier alpha value is -2.88. The van der Waals surface area contributed by atoms with Crippen molar-refractivity contribution in [3.05, 3.63) is 65.1 Å². The Morgan fingerprint density at radius 3 is 2.68 bits per heavy atom. The van der Waals surface area contributed by atoms with Gasteiger partial charge >= 0.3 is 5.97 Å². The number of aliphatic hydroxyl groups excluding tert-OH is 1. The third-order valence-corrected chi connectivity index (χ3v) is 3.63.